The Hall–Kier alpha value is -2.05. The predicted molar refractivity (Wildman–Crippen MR) is 76.4 cm³/mol. The van der Waals surface area contributed by atoms with Gasteiger partial charge in [-0.15, -0.1) is 0 Å². The molecule has 0 bridgehead atoms. The van der Waals surface area contributed by atoms with E-state index < -0.39 is 6.04 Å². The lowest BCUT2D eigenvalue weighted by Crippen LogP contribution is -2.28. The van der Waals surface area contributed by atoms with Crippen LogP contribution in [0.1, 0.15) is 0 Å². The highest BCUT2D eigenvalue weighted by Gasteiger charge is 2.12. The van der Waals surface area contributed by atoms with Crippen molar-refractivity contribution in [3.63, 3.8) is 0 Å². The number of aromatic nitrogens is 1. The van der Waals surface area contributed by atoms with E-state index in [9.17, 15) is 0 Å². The van der Waals surface area contributed by atoms with Gasteiger partial charge >= 0.3 is 0 Å². The number of fused-ring (bicyclic) bond motifs is 1. The van der Waals surface area contributed by atoms with Gasteiger partial charge in [-0.25, -0.2) is 4.98 Å². The number of methoxy groups -OCH3 is 2. The second-order valence-corrected chi connectivity index (χ2v) is 4.29. The SMILES string of the molecule is COc1cc2ccnc(NC(CO)CO)c2cc1OC. The molecular weight excluding hydrogens is 260 g/mol. The molecule has 0 aliphatic heterocycles. The highest BCUT2D eigenvalue weighted by atomic mass is 16.5. The molecule has 0 saturated heterocycles. The minimum atomic E-state index is -0.457. The molecule has 108 valence electrons. The fraction of sp³-hybridized carbons (Fsp3) is 0.357. The molecule has 2 aromatic rings. The van der Waals surface area contributed by atoms with Gasteiger partial charge in [0.25, 0.3) is 0 Å². The Balaban J connectivity index is 2.50. The summed E-state index contributed by atoms with van der Waals surface area (Å²) in [5.41, 5.74) is 0. The summed E-state index contributed by atoms with van der Waals surface area (Å²) in [6.45, 7) is -0.357. The van der Waals surface area contributed by atoms with Gasteiger partial charge in [0.15, 0.2) is 11.5 Å². The van der Waals surface area contributed by atoms with E-state index in [1.807, 2.05) is 18.2 Å². The number of benzene rings is 1. The monoisotopic (exact) mass is 278 g/mol. The summed E-state index contributed by atoms with van der Waals surface area (Å²) in [5.74, 6) is 1.81. The van der Waals surface area contributed by atoms with Crippen molar-refractivity contribution in [1.82, 2.24) is 4.98 Å². The summed E-state index contributed by atoms with van der Waals surface area (Å²) in [6, 6.07) is 5.07. The van der Waals surface area contributed by atoms with Gasteiger partial charge in [-0.05, 0) is 23.6 Å². The number of nitrogens with zero attached hydrogens (tertiary/aromatic N) is 1. The zero-order valence-corrected chi connectivity index (χ0v) is 11.5. The van der Waals surface area contributed by atoms with Crippen LogP contribution in [0, 0.1) is 0 Å². The molecule has 0 radical (unpaired) electrons. The Morgan fingerprint density at radius 1 is 1.15 bits per heavy atom. The first-order chi connectivity index (χ1) is 9.73. The first-order valence-corrected chi connectivity index (χ1v) is 6.22. The Bertz CT molecular complexity index is 585. The summed E-state index contributed by atoms with van der Waals surface area (Å²) >= 11 is 0. The highest BCUT2D eigenvalue weighted by molar-refractivity contribution is 5.94. The molecule has 0 unspecified atom stereocenters. The maximum atomic E-state index is 9.15. The van der Waals surface area contributed by atoms with E-state index in [-0.39, 0.29) is 13.2 Å². The molecule has 0 spiro atoms. The first kappa shape index (κ1) is 14.4. The van der Waals surface area contributed by atoms with Crippen molar-refractivity contribution >= 4 is 16.6 Å². The number of nitrogens with one attached hydrogen (secondary N) is 1. The van der Waals surface area contributed by atoms with Crippen LogP contribution in [0.5, 0.6) is 11.5 Å². The van der Waals surface area contributed by atoms with Crippen molar-refractivity contribution < 1.29 is 19.7 Å². The first-order valence-electron chi connectivity index (χ1n) is 6.22. The van der Waals surface area contributed by atoms with Crippen molar-refractivity contribution in [2.75, 3.05) is 32.8 Å². The van der Waals surface area contributed by atoms with Crippen molar-refractivity contribution in [1.29, 1.82) is 0 Å². The van der Waals surface area contributed by atoms with Crippen molar-refractivity contribution in [3.8, 4) is 11.5 Å². The standard InChI is InChI=1S/C14H18N2O4/c1-19-12-5-9-3-4-15-14(16-10(7-17)8-18)11(9)6-13(12)20-2/h3-6,10,17-18H,7-8H2,1-2H3,(H,15,16). The summed E-state index contributed by atoms with van der Waals surface area (Å²) in [5, 5.41) is 23.1. The van der Waals surface area contributed by atoms with E-state index in [1.54, 1.807) is 20.4 Å². The topological polar surface area (TPSA) is 83.8 Å². The van der Waals surface area contributed by atoms with Gasteiger partial charge in [0.2, 0.25) is 0 Å². The van der Waals surface area contributed by atoms with Crippen LogP contribution in [0.3, 0.4) is 0 Å². The van der Waals surface area contributed by atoms with E-state index in [1.165, 1.54) is 0 Å². The molecule has 0 amide bonds. The van der Waals surface area contributed by atoms with E-state index in [2.05, 4.69) is 10.3 Å². The minimum absolute atomic E-state index is 0.179. The fourth-order valence-corrected chi connectivity index (χ4v) is 1.96. The third kappa shape index (κ3) is 2.76. The third-order valence-electron chi connectivity index (χ3n) is 3.05. The zero-order valence-electron chi connectivity index (χ0n) is 11.5. The smallest absolute Gasteiger partial charge is 0.161 e. The lowest BCUT2D eigenvalue weighted by atomic mass is 10.1. The van der Waals surface area contributed by atoms with E-state index in [4.69, 9.17) is 19.7 Å². The number of ether oxygens (including phenoxy) is 2. The van der Waals surface area contributed by atoms with Crippen LogP contribution in [0.25, 0.3) is 10.8 Å². The predicted octanol–water partition coefficient (Wildman–Crippen LogP) is 1.02. The molecule has 1 heterocycles. The molecule has 3 N–H and O–H groups in total. The molecule has 2 rings (SSSR count). The van der Waals surface area contributed by atoms with Gasteiger partial charge in [-0.2, -0.15) is 0 Å². The van der Waals surface area contributed by atoms with Crippen molar-refractivity contribution in [2.45, 2.75) is 6.04 Å². The second kappa shape index (κ2) is 6.40. The largest absolute Gasteiger partial charge is 0.493 e. The molecule has 20 heavy (non-hydrogen) atoms. The molecule has 1 aromatic carbocycles. The normalized spacial score (nSPS) is 10.8. The average molecular weight is 278 g/mol. The van der Waals surface area contributed by atoms with Crippen LogP contribution in [-0.2, 0) is 0 Å². The third-order valence-corrected chi connectivity index (χ3v) is 3.05. The highest BCUT2D eigenvalue weighted by Crippen LogP contribution is 2.34. The number of aliphatic hydroxyl groups excluding tert-OH is 2. The Morgan fingerprint density at radius 2 is 1.80 bits per heavy atom. The fourth-order valence-electron chi connectivity index (χ4n) is 1.96. The quantitative estimate of drug-likeness (QED) is 0.731. The number of pyridine rings is 1. The zero-order chi connectivity index (χ0) is 14.5. The molecule has 6 nitrogen and oxygen atoms in total. The number of hydrogen-bond donors (Lipinski definition) is 3. The molecule has 0 aliphatic rings. The van der Waals surface area contributed by atoms with Crippen LogP contribution < -0.4 is 14.8 Å². The summed E-state index contributed by atoms with van der Waals surface area (Å²) < 4.78 is 10.5. The van der Waals surface area contributed by atoms with Crippen molar-refractivity contribution in [2.24, 2.45) is 0 Å². The summed E-state index contributed by atoms with van der Waals surface area (Å²) in [7, 11) is 3.15. The molecular formula is C14H18N2O4. The Labute approximate surface area is 117 Å². The second-order valence-electron chi connectivity index (χ2n) is 4.29. The average Bonchev–Trinajstić information content (AvgIpc) is 2.51. The van der Waals surface area contributed by atoms with Crippen LogP contribution in [-0.4, -0.2) is 48.7 Å². The van der Waals surface area contributed by atoms with Gasteiger partial charge in [0.05, 0.1) is 33.5 Å². The molecule has 0 fully saturated rings. The summed E-state index contributed by atoms with van der Waals surface area (Å²) in [6.07, 6.45) is 1.66. The van der Waals surface area contributed by atoms with Crippen molar-refractivity contribution in [3.05, 3.63) is 24.4 Å². The van der Waals surface area contributed by atoms with Crippen LogP contribution in [0.4, 0.5) is 5.82 Å². The summed E-state index contributed by atoms with van der Waals surface area (Å²) in [4.78, 5) is 4.24. The number of rotatable bonds is 6. The molecule has 0 atom stereocenters. The minimum Gasteiger partial charge on any atom is -0.493 e. The number of anilines is 1. The Kier molecular flexibility index (Phi) is 4.60. The van der Waals surface area contributed by atoms with Gasteiger partial charge in [-0.1, -0.05) is 0 Å². The van der Waals surface area contributed by atoms with E-state index in [0.29, 0.717) is 17.3 Å². The maximum absolute atomic E-state index is 9.15. The van der Waals surface area contributed by atoms with Gasteiger partial charge in [0.1, 0.15) is 5.82 Å². The molecule has 1 aromatic heterocycles. The maximum Gasteiger partial charge on any atom is 0.161 e. The Morgan fingerprint density at radius 3 is 2.40 bits per heavy atom. The molecule has 0 saturated carbocycles. The lowest BCUT2D eigenvalue weighted by Gasteiger charge is -2.16. The van der Waals surface area contributed by atoms with Crippen LogP contribution in [0.2, 0.25) is 0 Å². The number of aliphatic hydroxyl groups is 2. The molecule has 6 heteroatoms. The van der Waals surface area contributed by atoms with E-state index in [0.717, 1.165) is 10.8 Å². The van der Waals surface area contributed by atoms with E-state index >= 15 is 0 Å². The van der Waals surface area contributed by atoms with Crippen LogP contribution >= 0.6 is 0 Å². The van der Waals surface area contributed by atoms with Gasteiger partial charge in [0, 0.05) is 11.6 Å². The number of hydrogen-bond acceptors (Lipinski definition) is 6. The molecule has 0 aliphatic carbocycles. The van der Waals surface area contributed by atoms with Gasteiger partial charge in [-0.3, -0.25) is 0 Å². The van der Waals surface area contributed by atoms with Crippen LogP contribution in [0.15, 0.2) is 24.4 Å². The lowest BCUT2D eigenvalue weighted by molar-refractivity contribution is 0.203. The van der Waals surface area contributed by atoms with Gasteiger partial charge < -0.3 is 25.0 Å².